The fourth-order valence-corrected chi connectivity index (χ4v) is 18.1. The van der Waals surface area contributed by atoms with Crippen molar-refractivity contribution in [2.75, 3.05) is 4.90 Å². The summed E-state index contributed by atoms with van der Waals surface area (Å²) in [5.74, 6) is 1.64. The van der Waals surface area contributed by atoms with E-state index < -0.39 is 13.5 Å². The van der Waals surface area contributed by atoms with Gasteiger partial charge in [0.1, 0.15) is 0 Å². The van der Waals surface area contributed by atoms with Gasteiger partial charge in [-0.3, -0.25) is 9.47 Å². The predicted octanol–water partition coefficient (Wildman–Crippen LogP) is 13.8. The molecule has 1 aliphatic carbocycles. The summed E-state index contributed by atoms with van der Waals surface area (Å²) < 4.78 is 2.25. The lowest BCUT2D eigenvalue weighted by atomic mass is 9.67. The van der Waals surface area contributed by atoms with Crippen LogP contribution in [0, 0.1) is 0 Å². The summed E-state index contributed by atoms with van der Waals surface area (Å²) in [4.78, 5) is 19.4. The van der Waals surface area contributed by atoms with Crippen LogP contribution in [0.1, 0.15) is 22.3 Å². The van der Waals surface area contributed by atoms with Gasteiger partial charge in [0.25, 0.3) is 0 Å². The van der Waals surface area contributed by atoms with Crippen LogP contribution in [0.4, 0.5) is 17.3 Å². The minimum Gasteiger partial charge on any atom is -0.285 e. The van der Waals surface area contributed by atoms with E-state index in [1.807, 2.05) is 0 Å². The summed E-state index contributed by atoms with van der Waals surface area (Å²) in [6.45, 7) is 0. The maximum Gasteiger partial charge on any atom is 0.240 e. The summed E-state index contributed by atoms with van der Waals surface area (Å²) in [5, 5.41) is 7.44. The standard InChI is InChI=1S/C70H47N5Si/c1-5-25-48(26-6-1)54-38-24-44-63-66(54)57-37-15-18-41-60(57)74(63)68-71-67(49-27-23-30-51(47-49)70(50-28-7-2-8-29-50)58-39-16-13-35-55(58)56-36-14-17-40-59(56)70)72-69(73-68)75-61-42-19-21-45-64(61)76(52-31-9-3-10-32-52,53-33-11-4-12-34-53)65-46-22-20-43-62(65)75/h1-47H/q-1. The Kier molecular flexibility index (Phi) is 10.1. The third-order valence-electron chi connectivity index (χ3n) is 16.0. The molecule has 0 fully saturated rings. The van der Waals surface area contributed by atoms with Crippen molar-refractivity contribution in [3.05, 3.63) is 307 Å². The molecule has 0 atom stereocenters. The summed E-state index contributed by atoms with van der Waals surface area (Å²) in [6.07, 6.45) is 0. The molecule has 0 radical (unpaired) electrons. The Morgan fingerprint density at radius 2 is 0.816 bits per heavy atom. The van der Waals surface area contributed by atoms with Crippen molar-refractivity contribution in [3.63, 3.8) is 0 Å². The number of hydrogen-bond acceptors (Lipinski definition) is 4. The summed E-state index contributed by atoms with van der Waals surface area (Å²) in [6, 6.07) is 104. The normalized spacial score (nSPS) is 13.7. The molecular weight excluding hydrogens is 939 g/mol. The lowest BCUT2D eigenvalue weighted by Crippen LogP contribution is -2.77. The highest BCUT2D eigenvalue weighted by molar-refractivity contribution is 7.21. The molecule has 2 aromatic heterocycles. The number of hydrogen-bond donors (Lipinski definition) is 0. The minimum atomic E-state index is -2.95. The lowest BCUT2D eigenvalue weighted by molar-refractivity contribution is 0.768. The zero-order chi connectivity index (χ0) is 50.2. The number of nitrogens with zero attached hydrogens (tertiary/aromatic N) is 5. The smallest absolute Gasteiger partial charge is 0.240 e. The van der Waals surface area contributed by atoms with Gasteiger partial charge >= 0.3 is 0 Å². The van der Waals surface area contributed by atoms with E-state index in [9.17, 15) is 0 Å². The first-order valence-corrected chi connectivity index (χ1v) is 28.0. The second-order valence-corrected chi connectivity index (χ2v) is 23.5. The van der Waals surface area contributed by atoms with Crippen molar-refractivity contribution in [2.45, 2.75) is 5.41 Å². The molecule has 2 aliphatic rings. The highest BCUT2D eigenvalue weighted by Crippen LogP contribution is 2.56. The maximum absolute atomic E-state index is 5.72. The average molecular weight is 986 g/mol. The summed E-state index contributed by atoms with van der Waals surface area (Å²) >= 11 is 0. The zero-order valence-corrected chi connectivity index (χ0v) is 42.4. The zero-order valence-electron chi connectivity index (χ0n) is 41.4. The molecule has 0 spiro atoms. The molecule has 1 aliphatic heterocycles. The van der Waals surface area contributed by atoms with Crippen LogP contribution in [0.2, 0.25) is 0 Å². The van der Waals surface area contributed by atoms with Crippen LogP contribution < -0.4 is 25.6 Å². The number of para-hydroxylation sites is 3. The Morgan fingerprint density at radius 3 is 1.47 bits per heavy atom. The molecular formula is C70H47N5Si-. The number of fused-ring (bicyclic) bond motifs is 8. The molecule has 0 saturated carbocycles. The van der Waals surface area contributed by atoms with Crippen molar-refractivity contribution in [2.24, 2.45) is 0 Å². The van der Waals surface area contributed by atoms with Gasteiger partial charge in [0, 0.05) is 27.7 Å². The molecule has 0 N–H and O–H groups in total. The highest BCUT2D eigenvalue weighted by Gasteiger charge is 2.46. The first-order valence-electron chi connectivity index (χ1n) is 26.0. The van der Waals surface area contributed by atoms with E-state index in [2.05, 4.69) is 295 Å². The van der Waals surface area contributed by atoms with Crippen LogP contribution in [0.5, 0.6) is 0 Å². The quantitative estimate of drug-likeness (QED) is 0.142. The van der Waals surface area contributed by atoms with E-state index in [-0.39, 0.29) is 0 Å². The second kappa shape index (κ2) is 17.4. The van der Waals surface area contributed by atoms with E-state index in [1.165, 1.54) is 48.6 Å². The average Bonchev–Trinajstić information content (AvgIpc) is 4.17. The van der Waals surface area contributed by atoms with E-state index in [1.54, 1.807) is 0 Å². The van der Waals surface area contributed by atoms with Crippen molar-refractivity contribution in [1.82, 2.24) is 19.5 Å². The van der Waals surface area contributed by atoms with Crippen LogP contribution in [0.15, 0.2) is 285 Å². The van der Waals surface area contributed by atoms with Gasteiger partial charge in [-0.15, -0.1) is 10.4 Å². The van der Waals surface area contributed by atoms with Crippen molar-refractivity contribution < 1.29 is 0 Å². The van der Waals surface area contributed by atoms with Crippen LogP contribution in [-0.2, 0) is 5.41 Å². The van der Waals surface area contributed by atoms with E-state index in [0.29, 0.717) is 17.7 Å². The van der Waals surface area contributed by atoms with Gasteiger partial charge in [-0.1, -0.05) is 255 Å². The Morgan fingerprint density at radius 1 is 0.342 bits per heavy atom. The van der Waals surface area contributed by atoms with Crippen LogP contribution in [0.25, 0.3) is 61.4 Å². The van der Waals surface area contributed by atoms with Crippen LogP contribution in [-0.4, -0.2) is 27.6 Å². The highest BCUT2D eigenvalue weighted by atomic mass is 28.3. The van der Waals surface area contributed by atoms with Crippen molar-refractivity contribution in [3.8, 4) is 39.6 Å². The number of rotatable bonds is 8. The fraction of sp³-hybridized carbons (Fsp3) is 0.0143. The van der Waals surface area contributed by atoms with E-state index >= 15 is 0 Å². The minimum absolute atomic E-state index is 0.534. The van der Waals surface area contributed by atoms with E-state index in [0.717, 1.165) is 55.4 Å². The number of anilines is 3. The molecule has 76 heavy (non-hydrogen) atoms. The lowest BCUT2D eigenvalue weighted by Gasteiger charge is -2.54. The molecule has 0 amide bonds. The fourth-order valence-electron chi connectivity index (χ4n) is 13.0. The molecule has 6 heteroatoms. The second-order valence-electron chi connectivity index (χ2n) is 19.8. The third-order valence-corrected chi connectivity index (χ3v) is 20.9. The van der Waals surface area contributed by atoms with Crippen molar-refractivity contribution >= 4 is 67.9 Å². The molecule has 3 heterocycles. The third kappa shape index (κ3) is 6.35. The summed E-state index contributed by atoms with van der Waals surface area (Å²) in [7, 11) is -2.95. The van der Waals surface area contributed by atoms with Gasteiger partial charge in [0.2, 0.25) is 11.9 Å². The van der Waals surface area contributed by atoms with Gasteiger partial charge in [0.15, 0.2) is 5.82 Å². The van der Waals surface area contributed by atoms with E-state index in [4.69, 9.17) is 15.0 Å². The molecule has 357 valence electrons. The molecule has 11 aromatic carbocycles. The monoisotopic (exact) mass is 985 g/mol. The molecule has 0 unspecified atom stereocenters. The SMILES string of the molecule is c1ccc(-c2cccc3c2c2ccccc2n3-c2nc(-c3cccc(C4(c5ccccc5)c5ccccc5-c5ccccc54)c3)nc(N3c4ccccc4[Si-](c4ccccc4)(c4ccccc4)c4ccccc43)n2)cc1. The Bertz CT molecular complexity index is 4230. The Labute approximate surface area is 442 Å². The molecule has 0 saturated heterocycles. The Balaban J connectivity index is 1.03. The Hall–Kier alpha value is -9.75. The van der Waals surface area contributed by atoms with Gasteiger partial charge in [0.05, 0.1) is 16.4 Å². The van der Waals surface area contributed by atoms with Gasteiger partial charge in [-0.25, -0.2) is 0 Å². The molecule has 5 nitrogen and oxygen atoms in total. The first-order chi connectivity index (χ1) is 37.7. The molecule has 15 rings (SSSR count). The maximum atomic E-state index is 5.72. The topological polar surface area (TPSA) is 46.8 Å². The summed E-state index contributed by atoms with van der Waals surface area (Å²) in [5.41, 5.74) is 14.0. The molecule has 0 bridgehead atoms. The van der Waals surface area contributed by atoms with Gasteiger partial charge < -0.3 is 0 Å². The van der Waals surface area contributed by atoms with Crippen molar-refractivity contribution in [1.29, 1.82) is 0 Å². The molecule has 13 aromatic rings. The van der Waals surface area contributed by atoms with Gasteiger partial charge in [-0.2, -0.15) is 25.3 Å². The van der Waals surface area contributed by atoms with Crippen LogP contribution in [0.3, 0.4) is 0 Å². The van der Waals surface area contributed by atoms with Crippen LogP contribution >= 0.6 is 0 Å². The number of aromatic nitrogens is 4. The largest absolute Gasteiger partial charge is 0.285 e. The number of benzene rings is 11. The predicted molar refractivity (Wildman–Crippen MR) is 314 cm³/mol. The van der Waals surface area contributed by atoms with Gasteiger partial charge in [-0.05, 0) is 82.9 Å². The first kappa shape index (κ1) is 43.8.